The zero-order valence-corrected chi connectivity index (χ0v) is 21.4. The molecule has 1 N–H and O–H groups in total. The summed E-state index contributed by atoms with van der Waals surface area (Å²) in [6.07, 6.45) is 0.141. The van der Waals surface area contributed by atoms with Crippen LogP contribution in [0.4, 0.5) is 10.1 Å². The molecule has 1 saturated carbocycles. The van der Waals surface area contributed by atoms with Crippen LogP contribution in [0.25, 0.3) is 0 Å². The van der Waals surface area contributed by atoms with Crippen molar-refractivity contribution in [3.05, 3.63) is 100 Å². The first-order valence-electron chi connectivity index (χ1n) is 13.2. The fraction of sp³-hybridized carbons (Fsp3) is 0.290. The topological polar surface area (TPSA) is 86.8 Å². The molecule has 0 bridgehead atoms. The Balaban J connectivity index is 1.07. The Labute approximate surface area is 225 Å². The van der Waals surface area contributed by atoms with Crippen molar-refractivity contribution in [2.45, 2.75) is 44.3 Å². The number of halogens is 1. The predicted octanol–water partition coefficient (Wildman–Crippen LogP) is 4.32. The van der Waals surface area contributed by atoms with Gasteiger partial charge in [0.05, 0.1) is 23.6 Å². The number of likely N-dealkylation sites (tertiary alicyclic amines) is 1. The zero-order valence-electron chi connectivity index (χ0n) is 21.4. The summed E-state index contributed by atoms with van der Waals surface area (Å²) < 4.78 is 13.5. The van der Waals surface area contributed by atoms with Gasteiger partial charge in [-0.1, -0.05) is 42.5 Å². The Kier molecular flexibility index (Phi) is 6.56. The molecule has 39 heavy (non-hydrogen) atoms. The van der Waals surface area contributed by atoms with E-state index < -0.39 is 17.9 Å². The number of imide groups is 1. The van der Waals surface area contributed by atoms with E-state index in [1.807, 2.05) is 18.2 Å². The van der Waals surface area contributed by atoms with Crippen molar-refractivity contribution in [1.82, 2.24) is 9.80 Å². The third kappa shape index (κ3) is 4.88. The van der Waals surface area contributed by atoms with Crippen LogP contribution in [0.15, 0.2) is 66.7 Å². The van der Waals surface area contributed by atoms with Crippen LogP contribution in [0.2, 0.25) is 0 Å². The predicted molar refractivity (Wildman–Crippen MR) is 143 cm³/mol. The lowest BCUT2D eigenvalue weighted by molar-refractivity contribution is -0.132. The van der Waals surface area contributed by atoms with Gasteiger partial charge in [-0.15, -0.1) is 0 Å². The lowest BCUT2D eigenvalue weighted by Gasteiger charge is -2.39. The number of Topliss-reactive ketones (excluding diaryl/α,β-unsaturated/α-hetero) is 2. The van der Waals surface area contributed by atoms with Gasteiger partial charge in [-0.2, -0.15) is 0 Å². The number of ketones is 2. The smallest absolute Gasteiger partial charge is 0.264 e. The summed E-state index contributed by atoms with van der Waals surface area (Å²) >= 11 is 0. The molecule has 0 radical (unpaired) electrons. The first-order valence-corrected chi connectivity index (χ1v) is 13.2. The lowest BCUT2D eigenvalue weighted by Crippen LogP contribution is -2.47. The molecule has 0 spiro atoms. The van der Waals surface area contributed by atoms with Crippen LogP contribution in [0.1, 0.15) is 62.6 Å². The second-order valence-electron chi connectivity index (χ2n) is 10.6. The van der Waals surface area contributed by atoms with E-state index >= 15 is 0 Å². The van der Waals surface area contributed by atoms with Gasteiger partial charge in [0.2, 0.25) is 0 Å². The standard InChI is InChI=1S/C31H28FN3O4/c32-23-4-1-3-21(13-23)22-17-34(18-22)16-20-9-7-19(8-10-20)15-33-26-6-2-5-25-29(26)31(39)35(30(25)38)27-12-11-24(36)14-28(27)37/h1-10,13,22,27,33H,11-12,14-18H2. The van der Waals surface area contributed by atoms with E-state index in [0.717, 1.165) is 35.7 Å². The second kappa shape index (κ2) is 10.2. The first-order chi connectivity index (χ1) is 18.9. The summed E-state index contributed by atoms with van der Waals surface area (Å²) in [5, 5.41) is 3.29. The molecular formula is C31H28FN3O4. The van der Waals surface area contributed by atoms with Gasteiger partial charge in [0.1, 0.15) is 11.6 Å². The van der Waals surface area contributed by atoms with E-state index in [-0.39, 0.29) is 47.8 Å². The van der Waals surface area contributed by atoms with Gasteiger partial charge in [0.15, 0.2) is 5.78 Å². The summed E-state index contributed by atoms with van der Waals surface area (Å²) in [5.74, 6) is -1.34. The molecule has 2 fully saturated rings. The van der Waals surface area contributed by atoms with Crippen molar-refractivity contribution in [1.29, 1.82) is 0 Å². The molecule has 7 nitrogen and oxygen atoms in total. The van der Waals surface area contributed by atoms with Gasteiger partial charge < -0.3 is 5.32 Å². The molecular weight excluding hydrogens is 497 g/mol. The van der Waals surface area contributed by atoms with Gasteiger partial charge in [-0.05, 0) is 47.4 Å². The van der Waals surface area contributed by atoms with Crippen LogP contribution in [0.5, 0.6) is 0 Å². The molecule has 3 aromatic carbocycles. The molecule has 198 valence electrons. The number of anilines is 1. The average Bonchev–Trinajstić information content (AvgIpc) is 3.15. The van der Waals surface area contributed by atoms with Gasteiger partial charge in [-0.3, -0.25) is 29.0 Å². The molecule has 2 amide bonds. The molecule has 1 saturated heterocycles. The third-order valence-corrected chi connectivity index (χ3v) is 7.89. The van der Waals surface area contributed by atoms with Gasteiger partial charge in [0, 0.05) is 44.2 Å². The normalized spacial score (nSPS) is 19.8. The Hall–Kier alpha value is -4.17. The SMILES string of the molecule is O=C1CCC(N2C(=O)c3cccc(NCc4ccc(CN5CC(c6cccc(F)c6)C5)cc4)c3C2=O)C(=O)C1. The molecule has 1 unspecified atom stereocenters. The summed E-state index contributed by atoms with van der Waals surface area (Å²) in [7, 11) is 0. The number of benzene rings is 3. The maximum absolute atomic E-state index is 13.5. The van der Waals surface area contributed by atoms with E-state index in [0.29, 0.717) is 18.2 Å². The van der Waals surface area contributed by atoms with Crippen LogP contribution in [-0.4, -0.2) is 52.3 Å². The van der Waals surface area contributed by atoms with Crippen molar-refractivity contribution in [2.75, 3.05) is 18.4 Å². The van der Waals surface area contributed by atoms with Crippen LogP contribution < -0.4 is 5.32 Å². The fourth-order valence-corrected chi connectivity index (χ4v) is 5.75. The minimum Gasteiger partial charge on any atom is -0.380 e. The number of nitrogens with one attached hydrogen (secondary N) is 1. The van der Waals surface area contributed by atoms with Crippen LogP contribution >= 0.6 is 0 Å². The van der Waals surface area contributed by atoms with Crippen molar-refractivity contribution in [3.8, 4) is 0 Å². The number of nitrogens with zero attached hydrogens (tertiary/aromatic N) is 2. The van der Waals surface area contributed by atoms with Crippen LogP contribution in [0.3, 0.4) is 0 Å². The van der Waals surface area contributed by atoms with Gasteiger partial charge >= 0.3 is 0 Å². The largest absolute Gasteiger partial charge is 0.380 e. The monoisotopic (exact) mass is 525 g/mol. The number of rotatable bonds is 7. The van der Waals surface area contributed by atoms with E-state index in [1.165, 1.54) is 11.6 Å². The molecule has 6 rings (SSSR count). The fourth-order valence-electron chi connectivity index (χ4n) is 5.75. The maximum Gasteiger partial charge on any atom is 0.264 e. The molecule has 8 heteroatoms. The Morgan fingerprint density at radius 1 is 0.872 bits per heavy atom. The van der Waals surface area contributed by atoms with Crippen LogP contribution in [-0.2, 0) is 22.7 Å². The first kappa shape index (κ1) is 25.1. The number of hydrogen-bond acceptors (Lipinski definition) is 6. The highest BCUT2D eigenvalue weighted by molar-refractivity contribution is 6.25. The number of amides is 2. The lowest BCUT2D eigenvalue weighted by atomic mass is 9.91. The van der Waals surface area contributed by atoms with Crippen LogP contribution in [0, 0.1) is 5.82 Å². The summed E-state index contributed by atoms with van der Waals surface area (Å²) in [6, 6.07) is 19.2. The second-order valence-corrected chi connectivity index (χ2v) is 10.6. The van der Waals surface area contributed by atoms with Crippen molar-refractivity contribution in [2.24, 2.45) is 0 Å². The number of carbonyl (C=O) groups is 4. The number of hydrogen-bond donors (Lipinski definition) is 1. The molecule has 2 heterocycles. The Morgan fingerprint density at radius 3 is 2.36 bits per heavy atom. The maximum atomic E-state index is 13.5. The van der Waals surface area contributed by atoms with E-state index in [2.05, 4.69) is 22.3 Å². The Morgan fingerprint density at radius 2 is 1.62 bits per heavy atom. The highest BCUT2D eigenvalue weighted by Gasteiger charge is 2.45. The zero-order chi connectivity index (χ0) is 27.1. The minimum atomic E-state index is -0.883. The highest BCUT2D eigenvalue weighted by Crippen LogP contribution is 2.33. The van der Waals surface area contributed by atoms with Crippen molar-refractivity contribution in [3.63, 3.8) is 0 Å². The summed E-state index contributed by atoms with van der Waals surface area (Å²) in [6.45, 7) is 3.08. The van der Waals surface area contributed by atoms with Gasteiger partial charge in [-0.25, -0.2) is 4.39 Å². The average molecular weight is 526 g/mol. The molecule has 2 aliphatic heterocycles. The van der Waals surface area contributed by atoms with Gasteiger partial charge in [0.25, 0.3) is 11.8 Å². The summed E-state index contributed by atoms with van der Waals surface area (Å²) in [4.78, 5) is 53.8. The van der Waals surface area contributed by atoms with Crippen molar-refractivity contribution < 1.29 is 23.6 Å². The molecule has 1 aliphatic carbocycles. The van der Waals surface area contributed by atoms with E-state index in [9.17, 15) is 23.6 Å². The summed E-state index contributed by atoms with van der Waals surface area (Å²) in [5.41, 5.74) is 4.34. The van der Waals surface area contributed by atoms with Crippen molar-refractivity contribution >= 4 is 29.1 Å². The molecule has 3 aromatic rings. The molecule has 1 atom stereocenters. The Bertz CT molecular complexity index is 1480. The van der Waals surface area contributed by atoms with E-state index in [4.69, 9.17) is 0 Å². The van der Waals surface area contributed by atoms with E-state index in [1.54, 1.807) is 30.3 Å². The minimum absolute atomic E-state index is 0.154. The highest BCUT2D eigenvalue weighted by atomic mass is 19.1. The number of fused-ring (bicyclic) bond motifs is 1. The molecule has 3 aliphatic rings. The quantitative estimate of drug-likeness (QED) is 0.365. The number of carbonyl (C=O) groups excluding carboxylic acids is 4. The molecule has 0 aromatic heterocycles. The third-order valence-electron chi connectivity index (χ3n) is 7.89.